The standard InChI is InChI=1S/C13H18N2O3/c1-17-9-5-6-12(18-2)11(8-9)15-13(16)10-4-3-7-14-10/h5-6,8,10,14H,3-4,7H2,1-2H3,(H,15,16)/t10-/m0/s1. The number of amides is 1. The summed E-state index contributed by atoms with van der Waals surface area (Å²) >= 11 is 0. The van der Waals surface area contributed by atoms with Crippen LogP contribution in [0.5, 0.6) is 11.5 Å². The van der Waals surface area contributed by atoms with Crippen molar-refractivity contribution in [3.63, 3.8) is 0 Å². The molecule has 0 spiro atoms. The summed E-state index contributed by atoms with van der Waals surface area (Å²) in [6, 6.07) is 5.21. The number of hydrogen-bond donors (Lipinski definition) is 2. The van der Waals surface area contributed by atoms with Crippen molar-refractivity contribution in [1.29, 1.82) is 0 Å². The molecule has 0 unspecified atom stereocenters. The van der Waals surface area contributed by atoms with Crippen LogP contribution in [-0.4, -0.2) is 32.7 Å². The predicted octanol–water partition coefficient (Wildman–Crippen LogP) is 1.39. The maximum Gasteiger partial charge on any atom is 0.241 e. The first kappa shape index (κ1) is 12.7. The van der Waals surface area contributed by atoms with Gasteiger partial charge in [0, 0.05) is 6.07 Å². The molecule has 18 heavy (non-hydrogen) atoms. The molecule has 0 radical (unpaired) electrons. The van der Waals surface area contributed by atoms with Crippen molar-refractivity contribution in [2.45, 2.75) is 18.9 Å². The van der Waals surface area contributed by atoms with E-state index in [0.717, 1.165) is 19.4 Å². The molecule has 0 aromatic heterocycles. The Morgan fingerprint density at radius 1 is 1.39 bits per heavy atom. The second-order valence-electron chi connectivity index (χ2n) is 4.20. The fourth-order valence-corrected chi connectivity index (χ4v) is 2.04. The molecule has 1 aromatic carbocycles. The highest BCUT2D eigenvalue weighted by atomic mass is 16.5. The zero-order valence-corrected chi connectivity index (χ0v) is 10.7. The van der Waals surface area contributed by atoms with Crippen LogP contribution in [0.1, 0.15) is 12.8 Å². The van der Waals surface area contributed by atoms with Gasteiger partial charge in [0.15, 0.2) is 0 Å². The molecule has 1 saturated heterocycles. The molecule has 0 aliphatic carbocycles. The number of carbonyl (C=O) groups is 1. The number of rotatable bonds is 4. The second kappa shape index (κ2) is 5.73. The summed E-state index contributed by atoms with van der Waals surface area (Å²) in [6.07, 6.45) is 1.91. The summed E-state index contributed by atoms with van der Waals surface area (Å²) in [5, 5.41) is 6.03. The Morgan fingerprint density at radius 3 is 2.83 bits per heavy atom. The van der Waals surface area contributed by atoms with E-state index in [4.69, 9.17) is 9.47 Å². The van der Waals surface area contributed by atoms with E-state index in [2.05, 4.69) is 10.6 Å². The fourth-order valence-electron chi connectivity index (χ4n) is 2.04. The van der Waals surface area contributed by atoms with Crippen molar-refractivity contribution in [2.24, 2.45) is 0 Å². The van der Waals surface area contributed by atoms with Crippen LogP contribution < -0.4 is 20.1 Å². The largest absolute Gasteiger partial charge is 0.497 e. The number of anilines is 1. The predicted molar refractivity (Wildman–Crippen MR) is 69.2 cm³/mol. The normalized spacial score (nSPS) is 18.4. The number of ether oxygens (including phenoxy) is 2. The van der Waals surface area contributed by atoms with Gasteiger partial charge in [-0.3, -0.25) is 4.79 Å². The third-order valence-corrected chi connectivity index (χ3v) is 3.04. The molecule has 0 saturated carbocycles. The Labute approximate surface area is 106 Å². The van der Waals surface area contributed by atoms with E-state index >= 15 is 0 Å². The van der Waals surface area contributed by atoms with Gasteiger partial charge in [0.05, 0.1) is 25.9 Å². The first-order chi connectivity index (χ1) is 8.74. The zero-order chi connectivity index (χ0) is 13.0. The molecule has 5 heteroatoms. The highest BCUT2D eigenvalue weighted by Gasteiger charge is 2.22. The molecule has 1 aliphatic rings. The number of hydrogen-bond acceptors (Lipinski definition) is 4. The van der Waals surface area contributed by atoms with Crippen LogP contribution in [-0.2, 0) is 4.79 Å². The third kappa shape index (κ3) is 2.73. The summed E-state index contributed by atoms with van der Waals surface area (Å²) in [5.41, 5.74) is 0.635. The Kier molecular flexibility index (Phi) is 4.04. The van der Waals surface area contributed by atoms with Gasteiger partial charge in [0.25, 0.3) is 0 Å². The molecule has 1 atom stereocenters. The molecule has 1 heterocycles. The average molecular weight is 250 g/mol. The molecule has 1 aliphatic heterocycles. The van der Waals surface area contributed by atoms with Gasteiger partial charge in [-0.2, -0.15) is 0 Å². The Bertz CT molecular complexity index is 428. The van der Waals surface area contributed by atoms with E-state index in [1.807, 2.05) is 0 Å². The van der Waals surface area contributed by atoms with Crippen LogP contribution in [0.3, 0.4) is 0 Å². The van der Waals surface area contributed by atoms with Gasteiger partial charge in [0.2, 0.25) is 5.91 Å². The van der Waals surface area contributed by atoms with Gasteiger partial charge in [0.1, 0.15) is 11.5 Å². The lowest BCUT2D eigenvalue weighted by Crippen LogP contribution is -2.35. The molecule has 5 nitrogen and oxygen atoms in total. The third-order valence-electron chi connectivity index (χ3n) is 3.04. The zero-order valence-electron chi connectivity index (χ0n) is 10.7. The van der Waals surface area contributed by atoms with Crippen molar-refractivity contribution in [3.8, 4) is 11.5 Å². The topological polar surface area (TPSA) is 59.6 Å². The van der Waals surface area contributed by atoms with E-state index in [0.29, 0.717) is 17.2 Å². The van der Waals surface area contributed by atoms with Crippen LogP contribution in [0.25, 0.3) is 0 Å². The van der Waals surface area contributed by atoms with Crippen molar-refractivity contribution in [2.75, 3.05) is 26.1 Å². The van der Waals surface area contributed by atoms with Gasteiger partial charge in [-0.15, -0.1) is 0 Å². The van der Waals surface area contributed by atoms with Gasteiger partial charge in [-0.25, -0.2) is 0 Å². The number of carbonyl (C=O) groups excluding carboxylic acids is 1. The Hall–Kier alpha value is -1.75. The maximum atomic E-state index is 12.0. The first-order valence-corrected chi connectivity index (χ1v) is 6.01. The molecule has 2 N–H and O–H groups in total. The molecular formula is C13H18N2O3. The van der Waals surface area contributed by atoms with Crippen molar-refractivity contribution in [1.82, 2.24) is 5.32 Å². The number of methoxy groups -OCH3 is 2. The van der Waals surface area contributed by atoms with E-state index in [-0.39, 0.29) is 11.9 Å². The van der Waals surface area contributed by atoms with Gasteiger partial charge in [-0.05, 0) is 31.5 Å². The minimum absolute atomic E-state index is 0.0287. The van der Waals surface area contributed by atoms with Crippen molar-refractivity contribution in [3.05, 3.63) is 18.2 Å². The fraction of sp³-hybridized carbons (Fsp3) is 0.462. The van der Waals surface area contributed by atoms with Gasteiger partial charge >= 0.3 is 0 Å². The molecule has 0 bridgehead atoms. The first-order valence-electron chi connectivity index (χ1n) is 6.01. The maximum absolute atomic E-state index is 12.0. The minimum Gasteiger partial charge on any atom is -0.497 e. The minimum atomic E-state index is -0.110. The summed E-state index contributed by atoms with van der Waals surface area (Å²) in [4.78, 5) is 12.0. The van der Waals surface area contributed by atoms with Crippen LogP contribution >= 0.6 is 0 Å². The number of nitrogens with one attached hydrogen (secondary N) is 2. The van der Waals surface area contributed by atoms with Crippen molar-refractivity contribution >= 4 is 11.6 Å². The molecule has 1 amide bonds. The summed E-state index contributed by atoms with van der Waals surface area (Å²) in [6.45, 7) is 0.896. The SMILES string of the molecule is COc1ccc(OC)c(NC(=O)[C@@H]2CCCN2)c1. The van der Waals surface area contributed by atoms with Crippen LogP contribution in [0.4, 0.5) is 5.69 Å². The molecule has 1 fully saturated rings. The highest BCUT2D eigenvalue weighted by molar-refractivity contribution is 5.96. The number of benzene rings is 1. The lowest BCUT2D eigenvalue weighted by molar-refractivity contribution is -0.117. The van der Waals surface area contributed by atoms with Crippen LogP contribution in [0, 0.1) is 0 Å². The molecule has 2 rings (SSSR count). The van der Waals surface area contributed by atoms with E-state index in [9.17, 15) is 4.79 Å². The molecule has 98 valence electrons. The smallest absolute Gasteiger partial charge is 0.241 e. The summed E-state index contributed by atoms with van der Waals surface area (Å²) < 4.78 is 10.4. The Morgan fingerprint density at radius 2 is 2.22 bits per heavy atom. The van der Waals surface area contributed by atoms with Gasteiger partial charge in [-0.1, -0.05) is 0 Å². The summed E-state index contributed by atoms with van der Waals surface area (Å²) in [7, 11) is 3.16. The second-order valence-corrected chi connectivity index (χ2v) is 4.20. The molecular weight excluding hydrogens is 232 g/mol. The van der Waals surface area contributed by atoms with E-state index < -0.39 is 0 Å². The van der Waals surface area contributed by atoms with E-state index in [1.54, 1.807) is 32.4 Å². The van der Waals surface area contributed by atoms with Crippen LogP contribution in [0.15, 0.2) is 18.2 Å². The quantitative estimate of drug-likeness (QED) is 0.848. The average Bonchev–Trinajstić information content (AvgIpc) is 2.92. The van der Waals surface area contributed by atoms with Crippen molar-refractivity contribution < 1.29 is 14.3 Å². The lowest BCUT2D eigenvalue weighted by atomic mass is 10.2. The monoisotopic (exact) mass is 250 g/mol. The Balaban J connectivity index is 2.13. The van der Waals surface area contributed by atoms with E-state index in [1.165, 1.54) is 0 Å². The lowest BCUT2D eigenvalue weighted by Gasteiger charge is -2.14. The highest BCUT2D eigenvalue weighted by Crippen LogP contribution is 2.29. The summed E-state index contributed by atoms with van der Waals surface area (Å²) in [5.74, 6) is 1.28. The van der Waals surface area contributed by atoms with Gasteiger partial charge < -0.3 is 20.1 Å². The molecule has 1 aromatic rings. The van der Waals surface area contributed by atoms with Crippen LogP contribution in [0.2, 0.25) is 0 Å².